The zero-order chi connectivity index (χ0) is 13.8. The van der Waals surface area contributed by atoms with Gasteiger partial charge in [-0.1, -0.05) is 18.2 Å². The van der Waals surface area contributed by atoms with Crippen molar-refractivity contribution >= 4 is 11.6 Å². The number of nitro benzene ring substituents is 1. The Morgan fingerprint density at radius 2 is 2.26 bits per heavy atom. The van der Waals surface area contributed by atoms with Gasteiger partial charge < -0.3 is 10.2 Å². The molecule has 1 aromatic rings. The van der Waals surface area contributed by atoms with Crippen molar-refractivity contribution in [2.45, 2.75) is 19.4 Å². The molecule has 1 fully saturated rings. The minimum absolute atomic E-state index is 0.0126. The minimum Gasteiger partial charge on any atom is -0.337 e. The number of para-hydroxylation sites is 1. The lowest BCUT2D eigenvalue weighted by Crippen LogP contribution is -2.52. The summed E-state index contributed by atoms with van der Waals surface area (Å²) >= 11 is 0. The summed E-state index contributed by atoms with van der Waals surface area (Å²) in [6, 6.07) is 6.53. The molecular weight excluding hydrogens is 246 g/mol. The van der Waals surface area contributed by atoms with Crippen LogP contribution < -0.4 is 5.32 Å². The van der Waals surface area contributed by atoms with E-state index in [1.165, 1.54) is 6.07 Å². The van der Waals surface area contributed by atoms with Gasteiger partial charge in [-0.2, -0.15) is 0 Å². The molecule has 6 nitrogen and oxygen atoms in total. The van der Waals surface area contributed by atoms with Crippen LogP contribution in [-0.2, 0) is 11.2 Å². The fraction of sp³-hybridized carbons (Fsp3) is 0.462. The van der Waals surface area contributed by atoms with Gasteiger partial charge in [0, 0.05) is 37.3 Å². The van der Waals surface area contributed by atoms with Crippen molar-refractivity contribution < 1.29 is 9.72 Å². The van der Waals surface area contributed by atoms with Gasteiger partial charge in [0.1, 0.15) is 0 Å². The summed E-state index contributed by atoms with van der Waals surface area (Å²) in [6.45, 7) is 4.17. The quantitative estimate of drug-likeness (QED) is 0.651. The smallest absolute Gasteiger partial charge is 0.273 e. The van der Waals surface area contributed by atoms with Crippen LogP contribution in [0.1, 0.15) is 12.5 Å². The first-order valence-electron chi connectivity index (χ1n) is 6.32. The van der Waals surface area contributed by atoms with Gasteiger partial charge in [0.15, 0.2) is 0 Å². The fourth-order valence-electron chi connectivity index (χ4n) is 2.31. The topological polar surface area (TPSA) is 75.5 Å². The molecule has 0 aromatic heterocycles. The van der Waals surface area contributed by atoms with Crippen molar-refractivity contribution in [3.05, 3.63) is 39.9 Å². The Bertz CT molecular complexity index is 490. The number of nitrogens with one attached hydrogen (secondary N) is 1. The average Bonchev–Trinajstić information content (AvgIpc) is 2.39. The van der Waals surface area contributed by atoms with Gasteiger partial charge in [-0.25, -0.2) is 0 Å². The number of hydrogen-bond donors (Lipinski definition) is 1. The maximum atomic E-state index is 12.2. The first kappa shape index (κ1) is 13.5. The zero-order valence-corrected chi connectivity index (χ0v) is 10.8. The van der Waals surface area contributed by atoms with Gasteiger partial charge in [0.25, 0.3) is 5.69 Å². The Balaban J connectivity index is 2.12. The molecule has 1 amide bonds. The molecule has 0 unspecified atom stereocenters. The number of nitrogens with zero attached hydrogens (tertiary/aromatic N) is 2. The summed E-state index contributed by atoms with van der Waals surface area (Å²) in [5.41, 5.74) is 0.488. The van der Waals surface area contributed by atoms with Gasteiger partial charge in [0.05, 0.1) is 11.3 Å². The average molecular weight is 263 g/mol. The number of carbonyl (C=O) groups excluding carboxylic acids is 1. The SMILES string of the molecule is C[C@H]1CNCCN1C(=O)Cc1ccccc1[N+](=O)[O-]. The normalized spacial score (nSPS) is 19.2. The third-order valence-electron chi connectivity index (χ3n) is 3.35. The van der Waals surface area contributed by atoms with E-state index in [1.54, 1.807) is 23.1 Å². The van der Waals surface area contributed by atoms with Crippen molar-refractivity contribution in [2.75, 3.05) is 19.6 Å². The van der Waals surface area contributed by atoms with Gasteiger partial charge in [0.2, 0.25) is 5.91 Å². The molecule has 102 valence electrons. The Labute approximate surface area is 111 Å². The van der Waals surface area contributed by atoms with Crippen LogP contribution >= 0.6 is 0 Å². The zero-order valence-electron chi connectivity index (χ0n) is 10.8. The number of amides is 1. The molecule has 2 rings (SSSR count). The second kappa shape index (κ2) is 5.79. The summed E-state index contributed by atoms with van der Waals surface area (Å²) in [5.74, 6) is -0.0525. The number of nitro groups is 1. The Morgan fingerprint density at radius 1 is 1.53 bits per heavy atom. The van der Waals surface area contributed by atoms with Crippen LogP contribution in [0.3, 0.4) is 0 Å². The van der Waals surface area contributed by atoms with Crippen molar-refractivity contribution in [1.29, 1.82) is 0 Å². The van der Waals surface area contributed by atoms with E-state index >= 15 is 0 Å². The molecule has 1 N–H and O–H groups in total. The van der Waals surface area contributed by atoms with Crippen LogP contribution in [0.15, 0.2) is 24.3 Å². The molecule has 1 saturated heterocycles. The fourth-order valence-corrected chi connectivity index (χ4v) is 2.31. The number of benzene rings is 1. The van der Waals surface area contributed by atoms with Crippen LogP contribution in [0, 0.1) is 10.1 Å². The molecule has 19 heavy (non-hydrogen) atoms. The highest BCUT2D eigenvalue weighted by atomic mass is 16.6. The van der Waals surface area contributed by atoms with E-state index in [0.717, 1.165) is 13.1 Å². The van der Waals surface area contributed by atoms with E-state index in [0.29, 0.717) is 12.1 Å². The Kier molecular flexibility index (Phi) is 4.11. The highest BCUT2D eigenvalue weighted by Crippen LogP contribution is 2.19. The Hall–Kier alpha value is -1.95. The van der Waals surface area contributed by atoms with E-state index < -0.39 is 4.92 Å². The third kappa shape index (κ3) is 3.08. The molecule has 1 aliphatic rings. The molecule has 1 aromatic carbocycles. The van der Waals surface area contributed by atoms with Gasteiger partial charge >= 0.3 is 0 Å². The van der Waals surface area contributed by atoms with Gasteiger partial charge in [-0.3, -0.25) is 14.9 Å². The highest BCUT2D eigenvalue weighted by molar-refractivity contribution is 5.80. The molecule has 0 radical (unpaired) electrons. The number of carbonyl (C=O) groups is 1. The lowest BCUT2D eigenvalue weighted by molar-refractivity contribution is -0.385. The van der Waals surface area contributed by atoms with E-state index in [4.69, 9.17) is 0 Å². The van der Waals surface area contributed by atoms with Crippen LogP contribution in [0.5, 0.6) is 0 Å². The largest absolute Gasteiger partial charge is 0.337 e. The molecular formula is C13H17N3O3. The Morgan fingerprint density at radius 3 is 2.95 bits per heavy atom. The summed E-state index contributed by atoms with van der Waals surface area (Å²) in [4.78, 5) is 24.5. The van der Waals surface area contributed by atoms with E-state index in [2.05, 4.69) is 5.32 Å². The number of piperazine rings is 1. The van der Waals surface area contributed by atoms with Crippen LogP contribution in [0.4, 0.5) is 5.69 Å². The molecule has 1 atom stereocenters. The first-order chi connectivity index (χ1) is 9.09. The summed E-state index contributed by atoms with van der Waals surface area (Å²) in [5, 5.41) is 14.1. The van der Waals surface area contributed by atoms with Crippen molar-refractivity contribution in [3.8, 4) is 0 Å². The van der Waals surface area contributed by atoms with E-state index in [9.17, 15) is 14.9 Å². The number of hydrogen-bond acceptors (Lipinski definition) is 4. The highest BCUT2D eigenvalue weighted by Gasteiger charge is 2.25. The molecule has 0 bridgehead atoms. The molecule has 0 aliphatic carbocycles. The van der Waals surface area contributed by atoms with E-state index in [1.807, 2.05) is 6.92 Å². The molecule has 0 spiro atoms. The molecule has 1 heterocycles. The van der Waals surface area contributed by atoms with Crippen molar-refractivity contribution in [3.63, 3.8) is 0 Å². The summed E-state index contributed by atoms with van der Waals surface area (Å²) in [7, 11) is 0. The van der Waals surface area contributed by atoms with Crippen LogP contribution in [-0.4, -0.2) is 41.4 Å². The van der Waals surface area contributed by atoms with Crippen molar-refractivity contribution in [1.82, 2.24) is 10.2 Å². The standard InChI is InChI=1S/C13H17N3O3/c1-10-9-14-6-7-15(10)13(17)8-11-4-2-3-5-12(11)16(18)19/h2-5,10,14H,6-9H2,1H3/t10-/m0/s1. The monoisotopic (exact) mass is 263 g/mol. The lowest BCUT2D eigenvalue weighted by Gasteiger charge is -2.34. The second-order valence-corrected chi connectivity index (χ2v) is 4.70. The maximum Gasteiger partial charge on any atom is 0.273 e. The predicted molar refractivity (Wildman–Crippen MR) is 70.8 cm³/mol. The third-order valence-corrected chi connectivity index (χ3v) is 3.35. The molecule has 0 saturated carbocycles. The molecule has 6 heteroatoms. The first-order valence-corrected chi connectivity index (χ1v) is 6.32. The van der Waals surface area contributed by atoms with Crippen LogP contribution in [0.25, 0.3) is 0 Å². The van der Waals surface area contributed by atoms with E-state index in [-0.39, 0.29) is 24.1 Å². The minimum atomic E-state index is -0.441. The summed E-state index contributed by atoms with van der Waals surface area (Å²) in [6.07, 6.45) is 0.0848. The lowest BCUT2D eigenvalue weighted by atomic mass is 10.1. The number of rotatable bonds is 3. The molecule has 1 aliphatic heterocycles. The second-order valence-electron chi connectivity index (χ2n) is 4.70. The summed E-state index contributed by atoms with van der Waals surface area (Å²) < 4.78 is 0. The predicted octanol–water partition coefficient (Wildman–Crippen LogP) is 0.958. The van der Waals surface area contributed by atoms with Crippen molar-refractivity contribution in [2.24, 2.45) is 0 Å². The van der Waals surface area contributed by atoms with Gasteiger partial charge in [-0.05, 0) is 6.92 Å². The van der Waals surface area contributed by atoms with Gasteiger partial charge in [-0.15, -0.1) is 0 Å². The van der Waals surface area contributed by atoms with Crippen LogP contribution in [0.2, 0.25) is 0 Å². The maximum absolute atomic E-state index is 12.2.